The predicted molar refractivity (Wildman–Crippen MR) is 110 cm³/mol. The predicted octanol–water partition coefficient (Wildman–Crippen LogP) is 3.57. The molecule has 0 bridgehead atoms. The number of carbonyl (C=O) groups excluding carboxylic acids is 1. The van der Waals surface area contributed by atoms with Gasteiger partial charge in [0, 0.05) is 29.1 Å². The molecule has 1 amide bonds. The van der Waals surface area contributed by atoms with Gasteiger partial charge in [-0.05, 0) is 25.1 Å². The molecule has 8 heteroatoms. The van der Waals surface area contributed by atoms with Crippen LogP contribution in [0.5, 0.6) is 17.4 Å². The summed E-state index contributed by atoms with van der Waals surface area (Å²) < 4.78 is 16.8. The van der Waals surface area contributed by atoms with Crippen LogP contribution in [0.25, 0.3) is 11.3 Å². The maximum Gasteiger partial charge on any atom is 0.273 e. The van der Waals surface area contributed by atoms with Crippen molar-refractivity contribution in [2.24, 2.45) is 0 Å². The quantitative estimate of drug-likeness (QED) is 0.654. The monoisotopic (exact) mass is 411 g/mol. The summed E-state index contributed by atoms with van der Waals surface area (Å²) in [5, 5.41) is 2.66. The van der Waals surface area contributed by atoms with Gasteiger partial charge in [0.1, 0.15) is 12.3 Å². The summed E-state index contributed by atoms with van der Waals surface area (Å²) in [5.74, 6) is 1.70. The van der Waals surface area contributed by atoms with Gasteiger partial charge in [-0.25, -0.2) is 9.97 Å². The first-order chi connectivity index (χ1) is 14.1. The van der Waals surface area contributed by atoms with Crippen LogP contribution in [0.3, 0.4) is 0 Å². The normalized spacial score (nSPS) is 13.3. The summed E-state index contributed by atoms with van der Waals surface area (Å²) in [6.45, 7) is 3.15. The Balaban J connectivity index is 1.72. The van der Waals surface area contributed by atoms with Gasteiger partial charge in [0.2, 0.25) is 5.88 Å². The number of rotatable bonds is 4. The van der Waals surface area contributed by atoms with Gasteiger partial charge in [0.15, 0.2) is 11.5 Å². The SMILES string of the molecule is COc1cccc(-c2cc3c(c(OC)c2)OCCN(C(=O)c2csc(C)n2)C3)n1. The van der Waals surface area contributed by atoms with Crippen LogP contribution in [0.2, 0.25) is 0 Å². The molecule has 0 radical (unpaired) electrons. The van der Waals surface area contributed by atoms with Crippen LogP contribution in [0, 0.1) is 6.92 Å². The highest BCUT2D eigenvalue weighted by molar-refractivity contribution is 7.09. The summed E-state index contributed by atoms with van der Waals surface area (Å²) in [6, 6.07) is 9.46. The standard InChI is InChI=1S/C21H21N3O4S/c1-13-22-17(12-29-13)21(25)24-7-8-28-20-15(11-24)9-14(10-18(20)26-2)16-5-4-6-19(23-16)27-3/h4-6,9-10,12H,7-8,11H2,1-3H3. The molecule has 0 saturated carbocycles. The number of fused-ring (bicyclic) bond motifs is 1. The number of carbonyl (C=O) groups is 1. The van der Waals surface area contributed by atoms with Crippen molar-refractivity contribution in [1.82, 2.24) is 14.9 Å². The summed E-state index contributed by atoms with van der Waals surface area (Å²) in [5.41, 5.74) is 2.94. The molecule has 0 saturated heterocycles. The average molecular weight is 411 g/mol. The molecule has 2 aromatic heterocycles. The number of hydrogen-bond donors (Lipinski definition) is 0. The molecule has 1 aliphatic rings. The van der Waals surface area contributed by atoms with E-state index in [1.54, 1.807) is 30.6 Å². The number of ether oxygens (including phenoxy) is 3. The van der Waals surface area contributed by atoms with Gasteiger partial charge in [0.25, 0.3) is 5.91 Å². The fourth-order valence-corrected chi connectivity index (χ4v) is 3.86. The minimum atomic E-state index is -0.102. The smallest absolute Gasteiger partial charge is 0.273 e. The van der Waals surface area contributed by atoms with E-state index >= 15 is 0 Å². The first-order valence-corrected chi connectivity index (χ1v) is 10.0. The lowest BCUT2D eigenvalue weighted by atomic mass is 10.0. The highest BCUT2D eigenvalue weighted by atomic mass is 32.1. The van der Waals surface area contributed by atoms with E-state index in [1.165, 1.54) is 11.3 Å². The van der Waals surface area contributed by atoms with E-state index in [9.17, 15) is 4.79 Å². The average Bonchev–Trinajstić information content (AvgIpc) is 3.07. The lowest BCUT2D eigenvalue weighted by Gasteiger charge is -2.19. The van der Waals surface area contributed by atoms with Crippen molar-refractivity contribution in [3.8, 4) is 28.6 Å². The summed E-state index contributed by atoms with van der Waals surface area (Å²) >= 11 is 1.47. The van der Waals surface area contributed by atoms with Crippen LogP contribution < -0.4 is 14.2 Å². The molecule has 0 spiro atoms. The number of amides is 1. The third-order valence-corrected chi connectivity index (χ3v) is 5.45. The van der Waals surface area contributed by atoms with E-state index in [0.29, 0.717) is 42.8 Å². The van der Waals surface area contributed by atoms with E-state index in [4.69, 9.17) is 14.2 Å². The van der Waals surface area contributed by atoms with Gasteiger partial charge < -0.3 is 19.1 Å². The number of thiazole rings is 1. The van der Waals surface area contributed by atoms with Crippen molar-refractivity contribution in [1.29, 1.82) is 0 Å². The zero-order valence-electron chi connectivity index (χ0n) is 16.5. The Kier molecular flexibility index (Phi) is 5.35. The lowest BCUT2D eigenvalue weighted by Crippen LogP contribution is -2.32. The number of nitrogens with zero attached hydrogens (tertiary/aromatic N) is 3. The topological polar surface area (TPSA) is 73.8 Å². The number of aromatic nitrogens is 2. The van der Waals surface area contributed by atoms with Crippen molar-refractivity contribution < 1.29 is 19.0 Å². The minimum absolute atomic E-state index is 0.102. The van der Waals surface area contributed by atoms with E-state index < -0.39 is 0 Å². The number of pyridine rings is 1. The van der Waals surface area contributed by atoms with Crippen LogP contribution in [0.4, 0.5) is 0 Å². The molecule has 4 rings (SSSR count). The lowest BCUT2D eigenvalue weighted by molar-refractivity contribution is 0.0728. The first-order valence-electron chi connectivity index (χ1n) is 9.15. The number of benzene rings is 1. The zero-order valence-corrected chi connectivity index (χ0v) is 17.3. The van der Waals surface area contributed by atoms with E-state index in [0.717, 1.165) is 21.8 Å². The van der Waals surface area contributed by atoms with Gasteiger partial charge in [-0.1, -0.05) is 6.07 Å². The number of hydrogen-bond acceptors (Lipinski definition) is 7. The molecule has 0 atom stereocenters. The minimum Gasteiger partial charge on any atom is -0.493 e. The summed E-state index contributed by atoms with van der Waals surface area (Å²) in [7, 11) is 3.19. The third kappa shape index (κ3) is 3.88. The molecule has 1 aliphatic heterocycles. The third-order valence-electron chi connectivity index (χ3n) is 4.67. The Morgan fingerprint density at radius 1 is 1.21 bits per heavy atom. The highest BCUT2D eigenvalue weighted by Gasteiger charge is 2.25. The fourth-order valence-electron chi connectivity index (χ4n) is 3.27. The van der Waals surface area contributed by atoms with Crippen LogP contribution in [0.1, 0.15) is 21.1 Å². The molecule has 29 heavy (non-hydrogen) atoms. The van der Waals surface area contributed by atoms with Crippen LogP contribution in [-0.4, -0.2) is 48.1 Å². The molecule has 0 N–H and O–H groups in total. The van der Waals surface area contributed by atoms with Crippen molar-refractivity contribution in [3.63, 3.8) is 0 Å². The van der Waals surface area contributed by atoms with Gasteiger partial charge in [-0.2, -0.15) is 0 Å². The second-order valence-electron chi connectivity index (χ2n) is 6.56. The Morgan fingerprint density at radius 3 is 2.79 bits per heavy atom. The molecule has 7 nitrogen and oxygen atoms in total. The molecule has 0 unspecified atom stereocenters. The van der Waals surface area contributed by atoms with E-state index in [-0.39, 0.29) is 5.91 Å². The van der Waals surface area contributed by atoms with E-state index in [2.05, 4.69) is 9.97 Å². The van der Waals surface area contributed by atoms with Crippen LogP contribution in [-0.2, 0) is 6.54 Å². The molecule has 0 aliphatic carbocycles. The summed E-state index contributed by atoms with van der Waals surface area (Å²) in [6.07, 6.45) is 0. The van der Waals surface area contributed by atoms with Crippen molar-refractivity contribution in [2.75, 3.05) is 27.4 Å². The van der Waals surface area contributed by atoms with Crippen LogP contribution >= 0.6 is 11.3 Å². The number of aryl methyl sites for hydroxylation is 1. The van der Waals surface area contributed by atoms with E-state index in [1.807, 2.05) is 31.2 Å². The largest absolute Gasteiger partial charge is 0.493 e. The Labute approximate surface area is 172 Å². The van der Waals surface area contributed by atoms with Crippen molar-refractivity contribution >= 4 is 17.2 Å². The van der Waals surface area contributed by atoms with Crippen molar-refractivity contribution in [2.45, 2.75) is 13.5 Å². The molecule has 150 valence electrons. The zero-order chi connectivity index (χ0) is 20.4. The maximum atomic E-state index is 12.9. The first kappa shape index (κ1) is 19.2. The Hall–Kier alpha value is -3.13. The van der Waals surface area contributed by atoms with Crippen molar-refractivity contribution in [3.05, 3.63) is 52.0 Å². The van der Waals surface area contributed by atoms with Gasteiger partial charge in [0.05, 0.1) is 31.5 Å². The van der Waals surface area contributed by atoms with Gasteiger partial charge >= 0.3 is 0 Å². The molecule has 3 aromatic rings. The second kappa shape index (κ2) is 8.08. The molecular formula is C21H21N3O4S. The Bertz CT molecular complexity index is 1050. The fraction of sp³-hybridized carbons (Fsp3) is 0.286. The molecular weight excluding hydrogens is 390 g/mol. The van der Waals surface area contributed by atoms with Gasteiger partial charge in [-0.15, -0.1) is 11.3 Å². The Morgan fingerprint density at radius 2 is 2.07 bits per heavy atom. The van der Waals surface area contributed by atoms with Crippen LogP contribution in [0.15, 0.2) is 35.7 Å². The highest BCUT2D eigenvalue weighted by Crippen LogP contribution is 2.38. The maximum absolute atomic E-state index is 12.9. The second-order valence-corrected chi connectivity index (χ2v) is 7.62. The molecule has 1 aromatic carbocycles. The summed E-state index contributed by atoms with van der Waals surface area (Å²) in [4.78, 5) is 23.5. The molecule has 3 heterocycles. The van der Waals surface area contributed by atoms with Gasteiger partial charge in [-0.3, -0.25) is 4.79 Å². The molecule has 0 fully saturated rings. The number of methoxy groups -OCH3 is 2.